The summed E-state index contributed by atoms with van der Waals surface area (Å²) in [7, 11) is 1.61. The van der Waals surface area contributed by atoms with Gasteiger partial charge in [-0.15, -0.1) is 12.4 Å². The van der Waals surface area contributed by atoms with Crippen LogP contribution in [-0.4, -0.2) is 7.11 Å². The molecule has 0 atom stereocenters. The van der Waals surface area contributed by atoms with E-state index >= 15 is 0 Å². The lowest BCUT2D eigenvalue weighted by Crippen LogP contribution is -2.21. The minimum Gasteiger partial charge on any atom is -0.496 e. The molecule has 0 heterocycles. The number of benzene rings is 1. The van der Waals surface area contributed by atoms with E-state index in [0.717, 1.165) is 11.3 Å². The molecule has 0 aromatic heterocycles. The molecule has 74 valence electrons. The first-order valence-electron chi connectivity index (χ1n) is 3.54. The summed E-state index contributed by atoms with van der Waals surface area (Å²) in [5, 5.41) is 0.682. The van der Waals surface area contributed by atoms with E-state index in [-0.39, 0.29) is 12.4 Å². The fraction of sp³-hybridized carbons (Fsp3) is 0.250. The Hall–Kier alpha value is -0.480. The molecule has 0 aliphatic carbocycles. The van der Waals surface area contributed by atoms with Gasteiger partial charge in [0.15, 0.2) is 0 Å². The largest absolute Gasteiger partial charge is 0.496 e. The van der Waals surface area contributed by atoms with E-state index in [0.29, 0.717) is 11.6 Å². The summed E-state index contributed by atoms with van der Waals surface area (Å²) in [5.41, 5.74) is 3.50. The van der Waals surface area contributed by atoms with Gasteiger partial charge in [-0.1, -0.05) is 11.6 Å². The summed E-state index contributed by atoms with van der Waals surface area (Å²) in [6, 6.07) is 5.41. The normalized spacial score (nSPS) is 9.15. The van der Waals surface area contributed by atoms with Crippen LogP contribution in [0.25, 0.3) is 0 Å². The predicted octanol–water partition coefficient (Wildman–Crippen LogP) is 1.73. The zero-order valence-corrected chi connectivity index (χ0v) is 8.78. The Morgan fingerprint density at radius 3 is 2.77 bits per heavy atom. The van der Waals surface area contributed by atoms with E-state index in [2.05, 4.69) is 5.43 Å². The van der Waals surface area contributed by atoms with Crippen LogP contribution in [0.5, 0.6) is 5.75 Å². The number of hydrogen-bond acceptors (Lipinski definition) is 3. The van der Waals surface area contributed by atoms with Crippen LogP contribution in [0.15, 0.2) is 18.2 Å². The average Bonchev–Trinajstić information content (AvgIpc) is 2.05. The van der Waals surface area contributed by atoms with Crippen LogP contribution in [0.2, 0.25) is 5.02 Å². The summed E-state index contributed by atoms with van der Waals surface area (Å²) in [6.07, 6.45) is 0. The number of nitrogens with two attached hydrogens (primary N) is 1. The van der Waals surface area contributed by atoms with E-state index < -0.39 is 0 Å². The first-order valence-corrected chi connectivity index (χ1v) is 3.91. The van der Waals surface area contributed by atoms with Crippen molar-refractivity contribution in [2.75, 3.05) is 7.11 Å². The Balaban J connectivity index is 0.00000144. The number of ether oxygens (including phenoxy) is 1. The second kappa shape index (κ2) is 6.05. The molecule has 0 amide bonds. The predicted molar refractivity (Wildman–Crippen MR) is 56.3 cm³/mol. The molecule has 1 aromatic rings. The van der Waals surface area contributed by atoms with Gasteiger partial charge in [-0.05, 0) is 18.2 Å². The van der Waals surface area contributed by atoms with Crippen LogP contribution in [0, 0.1) is 0 Å². The molecular formula is C8H12Cl2N2O. The van der Waals surface area contributed by atoms with Crippen molar-refractivity contribution in [1.82, 2.24) is 5.43 Å². The van der Waals surface area contributed by atoms with Crippen molar-refractivity contribution in [1.29, 1.82) is 0 Å². The molecule has 1 aromatic carbocycles. The molecule has 0 radical (unpaired) electrons. The van der Waals surface area contributed by atoms with Crippen LogP contribution in [0.1, 0.15) is 5.56 Å². The van der Waals surface area contributed by atoms with Crippen molar-refractivity contribution in [2.45, 2.75) is 6.54 Å². The third kappa shape index (κ3) is 3.40. The summed E-state index contributed by atoms with van der Waals surface area (Å²) in [4.78, 5) is 0. The molecule has 0 bridgehead atoms. The average molecular weight is 223 g/mol. The van der Waals surface area contributed by atoms with Gasteiger partial charge < -0.3 is 4.74 Å². The molecular weight excluding hydrogens is 211 g/mol. The molecule has 0 aliphatic heterocycles. The molecule has 1 rings (SSSR count). The second-order valence-corrected chi connectivity index (χ2v) is 2.77. The van der Waals surface area contributed by atoms with Gasteiger partial charge in [-0.25, -0.2) is 0 Å². The molecule has 0 saturated heterocycles. The molecule has 0 aliphatic rings. The smallest absolute Gasteiger partial charge is 0.123 e. The molecule has 0 fully saturated rings. The van der Waals surface area contributed by atoms with Crippen molar-refractivity contribution < 1.29 is 4.74 Å². The highest BCUT2D eigenvalue weighted by Crippen LogP contribution is 2.21. The van der Waals surface area contributed by atoms with Crippen molar-refractivity contribution in [3.05, 3.63) is 28.8 Å². The Morgan fingerprint density at radius 2 is 2.23 bits per heavy atom. The molecule has 3 nitrogen and oxygen atoms in total. The lowest BCUT2D eigenvalue weighted by molar-refractivity contribution is 0.408. The zero-order chi connectivity index (χ0) is 8.97. The third-order valence-electron chi connectivity index (χ3n) is 1.53. The topological polar surface area (TPSA) is 47.3 Å². The summed E-state index contributed by atoms with van der Waals surface area (Å²) >= 11 is 5.79. The lowest BCUT2D eigenvalue weighted by atomic mass is 10.2. The Morgan fingerprint density at radius 1 is 1.54 bits per heavy atom. The molecule has 5 heteroatoms. The Kier molecular flexibility index (Phi) is 5.82. The standard InChI is InChI=1S/C8H11ClN2O.ClH/c1-12-8-3-2-7(9)4-6(8)5-11-10;/h2-4,11H,5,10H2,1H3;1H. The van der Waals surface area contributed by atoms with Gasteiger partial charge in [0, 0.05) is 17.1 Å². The van der Waals surface area contributed by atoms with Gasteiger partial charge >= 0.3 is 0 Å². The highest BCUT2D eigenvalue weighted by molar-refractivity contribution is 6.30. The van der Waals surface area contributed by atoms with Gasteiger partial charge in [0.25, 0.3) is 0 Å². The minimum absolute atomic E-state index is 0. The molecule has 3 N–H and O–H groups in total. The summed E-state index contributed by atoms with van der Waals surface area (Å²) in [5.74, 6) is 5.97. The fourth-order valence-corrected chi connectivity index (χ4v) is 1.19. The number of methoxy groups -OCH3 is 1. The molecule has 0 spiro atoms. The van der Waals surface area contributed by atoms with E-state index in [1.807, 2.05) is 12.1 Å². The quantitative estimate of drug-likeness (QED) is 0.606. The highest BCUT2D eigenvalue weighted by Gasteiger charge is 2.01. The van der Waals surface area contributed by atoms with Crippen molar-refractivity contribution in [2.24, 2.45) is 5.84 Å². The lowest BCUT2D eigenvalue weighted by Gasteiger charge is -2.07. The van der Waals surface area contributed by atoms with Gasteiger partial charge in [0.2, 0.25) is 0 Å². The van der Waals surface area contributed by atoms with Crippen LogP contribution in [0.4, 0.5) is 0 Å². The molecule has 13 heavy (non-hydrogen) atoms. The van der Waals surface area contributed by atoms with Crippen LogP contribution < -0.4 is 16.0 Å². The maximum absolute atomic E-state index is 5.79. The first-order chi connectivity index (χ1) is 5.77. The zero-order valence-electron chi connectivity index (χ0n) is 7.21. The third-order valence-corrected chi connectivity index (χ3v) is 1.77. The van der Waals surface area contributed by atoms with Crippen LogP contribution in [-0.2, 0) is 6.54 Å². The minimum atomic E-state index is 0. The van der Waals surface area contributed by atoms with Crippen LogP contribution in [0.3, 0.4) is 0 Å². The summed E-state index contributed by atoms with van der Waals surface area (Å²) < 4.78 is 5.10. The number of nitrogens with one attached hydrogen (secondary N) is 1. The van der Waals surface area contributed by atoms with Crippen LogP contribution >= 0.6 is 24.0 Å². The maximum atomic E-state index is 5.79. The monoisotopic (exact) mass is 222 g/mol. The van der Waals surface area contributed by atoms with E-state index in [4.69, 9.17) is 22.2 Å². The van der Waals surface area contributed by atoms with E-state index in [1.165, 1.54) is 0 Å². The summed E-state index contributed by atoms with van der Waals surface area (Å²) in [6.45, 7) is 0.545. The molecule has 0 saturated carbocycles. The van der Waals surface area contributed by atoms with Gasteiger partial charge in [0.05, 0.1) is 7.11 Å². The molecule has 0 unspecified atom stereocenters. The van der Waals surface area contributed by atoms with E-state index in [1.54, 1.807) is 13.2 Å². The number of hydrazine groups is 1. The van der Waals surface area contributed by atoms with Gasteiger partial charge in [-0.3, -0.25) is 11.3 Å². The number of halogens is 2. The Labute approximate surface area is 88.6 Å². The van der Waals surface area contributed by atoms with Crippen molar-refractivity contribution in [3.8, 4) is 5.75 Å². The van der Waals surface area contributed by atoms with Gasteiger partial charge in [-0.2, -0.15) is 0 Å². The first kappa shape index (κ1) is 12.5. The Bertz CT molecular complexity index is 268. The van der Waals surface area contributed by atoms with E-state index in [9.17, 15) is 0 Å². The number of hydrogen-bond donors (Lipinski definition) is 2. The number of rotatable bonds is 3. The maximum Gasteiger partial charge on any atom is 0.123 e. The second-order valence-electron chi connectivity index (χ2n) is 2.34. The SMILES string of the molecule is COc1ccc(Cl)cc1CNN.Cl. The van der Waals surface area contributed by atoms with Crippen molar-refractivity contribution >= 4 is 24.0 Å². The van der Waals surface area contributed by atoms with Crippen molar-refractivity contribution in [3.63, 3.8) is 0 Å². The highest BCUT2D eigenvalue weighted by atomic mass is 35.5. The van der Waals surface area contributed by atoms with Gasteiger partial charge in [0.1, 0.15) is 5.75 Å². The fourth-order valence-electron chi connectivity index (χ4n) is 0.995.